The number of hydrogen-bond donors (Lipinski definition) is 0. The van der Waals surface area contributed by atoms with Crippen molar-refractivity contribution in [3.8, 4) is 34.3 Å². The van der Waals surface area contributed by atoms with E-state index in [-0.39, 0.29) is 19.1 Å². The number of nitrogens with zero attached hydrogens (tertiary/aromatic N) is 4. The molecule has 0 radical (unpaired) electrons. The average Bonchev–Trinajstić information content (AvgIpc) is 3.61. The standard InChI is InChI=1S/C14H8ClFN2O.C14H8FN2O.CH4.9CH3.3Sn.2H/c15-13-5-4-12-14(17-13)11-6-8-9(16)2-1-3-10(8)18(11)7-19-12;15-10-3-1-4-11-9(10)7-12-14-13(5-2-6-16-14)18-8-17(11)12;;;;;;;;;;;;;;;/h1-6H,7H2;1-5,7H,8H2;1H4;9*1H3;;;;;. The number of benzene rings is 2. The average molecular weight is 1020 g/mol. The first kappa shape index (κ1) is 40.7. The quantitative estimate of drug-likeness (QED) is 0.122. The Hall–Kier alpha value is -2.03. The van der Waals surface area contributed by atoms with Crippen LogP contribution < -0.4 is 13.2 Å². The molecule has 0 bridgehead atoms. The van der Waals surface area contributed by atoms with Gasteiger partial charge in [-0.05, 0) is 30.3 Å². The van der Waals surface area contributed by atoms with Crippen molar-refractivity contribution in [1.82, 2.24) is 19.1 Å². The molecule has 0 unspecified atom stereocenters. The minimum absolute atomic E-state index is 0. The summed E-state index contributed by atoms with van der Waals surface area (Å²) in [4.78, 5) is 30.4. The van der Waals surface area contributed by atoms with Gasteiger partial charge >= 0.3 is 202 Å². The number of pyridine rings is 2. The first-order chi connectivity index (χ1) is 23.1. The Bertz CT molecular complexity index is 2100. The zero-order chi connectivity index (χ0) is 35.6. The number of aromatic nitrogens is 4. The molecule has 2 aromatic carbocycles. The predicted octanol–water partition coefficient (Wildman–Crippen LogP) is 10.4. The minimum atomic E-state index is -2.26. The molecule has 0 N–H and O–H groups in total. The number of rotatable bonds is 1. The van der Waals surface area contributed by atoms with Gasteiger partial charge in [0.05, 0.1) is 11.2 Å². The van der Waals surface area contributed by atoms with Crippen LogP contribution in [0.1, 0.15) is 7.43 Å². The molecule has 6 aromatic rings. The van der Waals surface area contributed by atoms with Gasteiger partial charge in [0.15, 0.2) is 6.73 Å². The summed E-state index contributed by atoms with van der Waals surface area (Å²) in [6.07, 6.45) is 0. The topological polar surface area (TPSA) is 54.1 Å². The fraction of sp³-hybridized carbons (Fsp3) is 0.316. The fourth-order valence-electron chi connectivity index (χ4n) is 5.32. The van der Waals surface area contributed by atoms with Crippen LogP contribution in [0.2, 0.25) is 49.6 Å². The van der Waals surface area contributed by atoms with E-state index in [0.717, 1.165) is 33.9 Å². The molecule has 2 aliphatic rings. The van der Waals surface area contributed by atoms with Gasteiger partial charge in [-0.15, -0.1) is 0 Å². The molecular formula is C38H49ClF2N4O2Sn3. The van der Waals surface area contributed by atoms with Crippen molar-refractivity contribution in [2.24, 2.45) is 0 Å². The second-order valence-corrected chi connectivity index (χ2v) is 49.0. The van der Waals surface area contributed by atoms with E-state index in [9.17, 15) is 8.78 Å². The molecule has 0 saturated heterocycles. The maximum absolute atomic E-state index is 14.1. The molecule has 50 heavy (non-hydrogen) atoms. The molecule has 0 saturated carbocycles. The van der Waals surface area contributed by atoms with E-state index in [0.29, 0.717) is 40.8 Å². The van der Waals surface area contributed by atoms with Crippen LogP contribution in [0.3, 0.4) is 0 Å². The van der Waals surface area contributed by atoms with Crippen LogP contribution in [-0.2, 0) is 13.5 Å². The molecule has 8 rings (SSSR count). The van der Waals surface area contributed by atoms with E-state index < -0.39 is 57.9 Å². The van der Waals surface area contributed by atoms with Gasteiger partial charge in [0, 0.05) is 5.39 Å². The number of halogens is 3. The maximum atomic E-state index is 14.1. The number of ether oxygens (including phenoxy) is 2. The molecule has 12 heteroatoms. The Labute approximate surface area is 318 Å². The van der Waals surface area contributed by atoms with Gasteiger partial charge in [-0.2, -0.15) is 0 Å². The van der Waals surface area contributed by atoms with Crippen molar-refractivity contribution >= 4 is 95.0 Å². The number of fused-ring (bicyclic) bond motifs is 10. The summed E-state index contributed by atoms with van der Waals surface area (Å²) in [5.74, 6) is 1.00. The van der Waals surface area contributed by atoms with Crippen LogP contribution in [0.25, 0.3) is 44.6 Å². The zero-order valence-electron chi connectivity index (χ0n) is 29.7. The van der Waals surface area contributed by atoms with Crippen molar-refractivity contribution in [2.75, 3.05) is 0 Å². The zero-order valence-corrected chi connectivity index (χ0v) is 39.9. The van der Waals surface area contributed by atoms with E-state index in [1.165, 1.54) is 15.8 Å². The first-order valence-electron chi connectivity index (χ1n) is 16.7. The first-order valence-corrected chi connectivity index (χ1v) is 46.8. The molecule has 6 nitrogen and oxygen atoms in total. The van der Waals surface area contributed by atoms with Gasteiger partial charge in [-0.1, -0.05) is 25.1 Å². The molecule has 0 amide bonds. The third-order valence-corrected chi connectivity index (χ3v) is 12.8. The Morgan fingerprint density at radius 2 is 1.08 bits per heavy atom. The molecule has 2 aliphatic heterocycles. The number of hydrogen-bond acceptors (Lipinski definition) is 4. The van der Waals surface area contributed by atoms with Crippen molar-refractivity contribution in [3.63, 3.8) is 0 Å². The van der Waals surface area contributed by atoms with Crippen LogP contribution >= 0.6 is 11.6 Å². The Morgan fingerprint density at radius 3 is 1.52 bits per heavy atom. The molecule has 0 fully saturated rings. The van der Waals surface area contributed by atoms with Crippen LogP contribution in [0, 0.1) is 11.6 Å². The molecule has 6 heterocycles. The molecule has 0 aliphatic carbocycles. The second kappa shape index (κ2) is 17.2. The van der Waals surface area contributed by atoms with Crippen LogP contribution in [0.15, 0.2) is 72.8 Å². The van der Waals surface area contributed by atoms with Crippen molar-refractivity contribution in [3.05, 3.63) is 89.6 Å². The predicted molar refractivity (Wildman–Crippen MR) is 216 cm³/mol. The van der Waals surface area contributed by atoms with Crippen LogP contribution in [0.4, 0.5) is 8.78 Å². The van der Waals surface area contributed by atoms with Gasteiger partial charge in [0.1, 0.15) is 22.4 Å². The molecule has 0 atom stereocenters. The van der Waals surface area contributed by atoms with Crippen LogP contribution in [0.5, 0.6) is 11.5 Å². The van der Waals surface area contributed by atoms with Crippen molar-refractivity contribution in [1.29, 1.82) is 0 Å². The summed E-state index contributed by atoms with van der Waals surface area (Å²) in [5.41, 5.74) is 4.90. The SMILES string of the molecule is C.Fc1cccc2c1cc1n2COc2ccc(Cl)nc2-1.[CH3][SnH]([CH3])[CH3].[CH3][SnH]([CH3])[CH3].[CH3][Sn]([CH3])([CH3])[c]1ccc2c(n1)-c1cc3c(F)cccc3n1CO2. The Balaban J connectivity index is 0.000000184. The van der Waals surface area contributed by atoms with E-state index in [4.69, 9.17) is 26.1 Å². The Morgan fingerprint density at radius 1 is 0.660 bits per heavy atom. The third-order valence-electron chi connectivity index (χ3n) is 7.42. The molecule has 266 valence electrons. The monoisotopic (exact) mass is 1030 g/mol. The fourth-order valence-corrected chi connectivity index (χ4v) is 8.41. The van der Waals surface area contributed by atoms with Gasteiger partial charge in [-0.3, -0.25) is 0 Å². The van der Waals surface area contributed by atoms with E-state index in [2.05, 4.69) is 55.5 Å². The molecule has 4 aromatic heterocycles. The van der Waals surface area contributed by atoms with E-state index in [1.54, 1.807) is 30.3 Å². The van der Waals surface area contributed by atoms with Gasteiger partial charge in [0.25, 0.3) is 0 Å². The van der Waals surface area contributed by atoms with Crippen molar-refractivity contribution in [2.45, 2.75) is 65.3 Å². The van der Waals surface area contributed by atoms with Crippen LogP contribution in [-0.4, -0.2) is 77.0 Å². The van der Waals surface area contributed by atoms with Gasteiger partial charge < -0.3 is 9.30 Å². The summed E-state index contributed by atoms with van der Waals surface area (Å²) >= 11 is 2.39. The third kappa shape index (κ3) is 9.30. The summed E-state index contributed by atoms with van der Waals surface area (Å²) < 4.78 is 44.4. The summed E-state index contributed by atoms with van der Waals surface area (Å²) in [7, 11) is 0. The van der Waals surface area contributed by atoms with E-state index >= 15 is 0 Å². The molecular weight excluding hydrogens is 974 g/mol. The van der Waals surface area contributed by atoms with Gasteiger partial charge in [0.2, 0.25) is 0 Å². The Kier molecular flexibility index (Phi) is 14.0. The summed E-state index contributed by atoms with van der Waals surface area (Å²) in [5, 5.41) is 1.58. The normalized spacial score (nSPS) is 12.4. The summed E-state index contributed by atoms with van der Waals surface area (Å²) in [6, 6.07) is 21.4. The van der Waals surface area contributed by atoms with Gasteiger partial charge in [-0.25, -0.2) is 9.37 Å². The van der Waals surface area contributed by atoms with Crippen molar-refractivity contribution < 1.29 is 18.3 Å². The summed E-state index contributed by atoms with van der Waals surface area (Å²) in [6.45, 7) is 0.744. The second-order valence-electron chi connectivity index (χ2n) is 14.5. The molecule has 0 spiro atoms. The van der Waals surface area contributed by atoms with E-state index in [1.807, 2.05) is 33.4 Å².